The van der Waals surface area contributed by atoms with Crippen molar-refractivity contribution in [3.05, 3.63) is 166 Å². The smallest absolute Gasteiger partial charge is 0.328 e. The molecule has 1 saturated carbocycles. The molecular formula is C50H47BN2. The maximum Gasteiger partial charge on any atom is 0.328 e. The predicted octanol–water partition coefficient (Wildman–Crippen LogP) is 11.0. The summed E-state index contributed by atoms with van der Waals surface area (Å²) in [6, 6.07) is 49.4. The van der Waals surface area contributed by atoms with Crippen LogP contribution in [0.2, 0.25) is 0 Å². The molecule has 260 valence electrons. The standard InChI is InChI=1S/C50H47BN2/c1-32-28-36-37-30-35(47(2,3)4)31-40-45(37)53(49(6)27-16-15-26-48(40,49)5)51-41-24-17-23-39-46(41)52(43(29-32)44(36)51)42-25-14-13-22-38(42)50(39,33-18-9-7-10-19-33)34-20-11-8-12-21-34/h7-14,17-25,28-31H,15-16,26-27H2,1-6H3. The summed E-state index contributed by atoms with van der Waals surface area (Å²) >= 11 is 0. The van der Waals surface area contributed by atoms with E-state index in [2.05, 4.69) is 179 Å². The van der Waals surface area contributed by atoms with Gasteiger partial charge in [0.2, 0.25) is 0 Å². The average Bonchev–Trinajstić information content (AvgIpc) is 3.38. The number of anilines is 4. The van der Waals surface area contributed by atoms with E-state index < -0.39 is 5.41 Å². The average molecular weight is 687 g/mol. The van der Waals surface area contributed by atoms with Gasteiger partial charge in [-0.15, -0.1) is 0 Å². The molecule has 0 N–H and O–H groups in total. The summed E-state index contributed by atoms with van der Waals surface area (Å²) in [4.78, 5) is 5.65. The quantitative estimate of drug-likeness (QED) is 0.167. The molecule has 0 bridgehead atoms. The summed E-state index contributed by atoms with van der Waals surface area (Å²) in [6.07, 6.45) is 5.00. The van der Waals surface area contributed by atoms with Crippen molar-refractivity contribution in [2.45, 2.75) is 89.0 Å². The van der Waals surface area contributed by atoms with Crippen LogP contribution in [0.15, 0.2) is 127 Å². The normalized spacial score (nSPS) is 22.4. The molecule has 0 spiro atoms. The second kappa shape index (κ2) is 10.3. The van der Waals surface area contributed by atoms with Crippen LogP contribution >= 0.6 is 0 Å². The number of nitrogens with zero attached hydrogens (tertiary/aromatic N) is 2. The molecule has 2 nitrogen and oxygen atoms in total. The fraction of sp³-hybridized carbons (Fsp3) is 0.280. The van der Waals surface area contributed by atoms with E-state index >= 15 is 0 Å². The summed E-state index contributed by atoms with van der Waals surface area (Å²) in [5.41, 5.74) is 20.5. The summed E-state index contributed by atoms with van der Waals surface area (Å²) < 4.78 is 0. The molecule has 53 heavy (non-hydrogen) atoms. The predicted molar refractivity (Wildman–Crippen MR) is 224 cm³/mol. The van der Waals surface area contributed by atoms with Crippen molar-refractivity contribution < 1.29 is 0 Å². The van der Waals surface area contributed by atoms with Crippen LogP contribution in [0.25, 0.3) is 11.1 Å². The molecule has 0 saturated heterocycles. The van der Waals surface area contributed by atoms with Crippen molar-refractivity contribution in [3.63, 3.8) is 0 Å². The molecule has 3 heteroatoms. The van der Waals surface area contributed by atoms with Crippen molar-refractivity contribution in [1.29, 1.82) is 0 Å². The molecule has 1 aliphatic carbocycles. The first-order valence-electron chi connectivity index (χ1n) is 19.9. The van der Waals surface area contributed by atoms with Gasteiger partial charge in [-0.3, -0.25) is 0 Å². The number of rotatable bonds is 2. The topological polar surface area (TPSA) is 6.48 Å². The molecule has 2 unspecified atom stereocenters. The van der Waals surface area contributed by atoms with Crippen LogP contribution in [-0.2, 0) is 16.2 Å². The Bertz CT molecular complexity index is 2470. The van der Waals surface area contributed by atoms with Gasteiger partial charge >= 0.3 is 6.85 Å². The van der Waals surface area contributed by atoms with Crippen molar-refractivity contribution >= 4 is 40.5 Å². The Hall–Kier alpha value is -5.02. The molecule has 4 heterocycles. The third kappa shape index (κ3) is 3.71. The Balaban J connectivity index is 1.31. The van der Waals surface area contributed by atoms with Gasteiger partial charge in [-0.05, 0) is 106 Å². The van der Waals surface area contributed by atoms with E-state index in [0.29, 0.717) is 0 Å². The van der Waals surface area contributed by atoms with Gasteiger partial charge in [-0.25, -0.2) is 0 Å². The van der Waals surface area contributed by atoms with E-state index in [9.17, 15) is 0 Å². The monoisotopic (exact) mass is 686 g/mol. The second-order valence-corrected chi connectivity index (χ2v) is 18.1. The van der Waals surface area contributed by atoms with Crippen LogP contribution < -0.4 is 20.6 Å². The lowest BCUT2D eigenvalue weighted by Crippen LogP contribution is -2.71. The Kier molecular flexibility index (Phi) is 6.15. The van der Waals surface area contributed by atoms with Gasteiger partial charge in [0.25, 0.3) is 0 Å². The minimum atomic E-state index is -0.487. The van der Waals surface area contributed by atoms with Gasteiger partial charge in [0.05, 0.1) is 11.1 Å². The lowest BCUT2D eigenvalue weighted by molar-refractivity contribution is 0.199. The third-order valence-corrected chi connectivity index (χ3v) is 14.4. The lowest BCUT2D eigenvalue weighted by atomic mass is 9.41. The highest BCUT2D eigenvalue weighted by Crippen LogP contribution is 2.65. The molecule has 1 fully saturated rings. The van der Waals surface area contributed by atoms with Crippen molar-refractivity contribution in [1.82, 2.24) is 0 Å². The maximum atomic E-state index is 2.98. The first-order valence-corrected chi connectivity index (χ1v) is 19.9. The molecular weight excluding hydrogens is 639 g/mol. The minimum absolute atomic E-state index is 0.0171. The van der Waals surface area contributed by atoms with Crippen LogP contribution in [0.1, 0.15) is 99.2 Å². The molecule has 11 rings (SSSR count). The largest absolute Gasteiger partial charge is 0.400 e. The maximum absolute atomic E-state index is 2.98. The van der Waals surface area contributed by atoms with Crippen molar-refractivity contribution in [2.24, 2.45) is 0 Å². The van der Waals surface area contributed by atoms with Crippen molar-refractivity contribution in [3.8, 4) is 11.1 Å². The second-order valence-electron chi connectivity index (χ2n) is 18.1. The van der Waals surface area contributed by atoms with E-state index in [0.717, 1.165) is 0 Å². The van der Waals surface area contributed by atoms with Crippen LogP contribution in [0.3, 0.4) is 0 Å². The number of hydrogen-bond donors (Lipinski definition) is 0. The highest BCUT2D eigenvalue weighted by molar-refractivity contribution is 6.93. The van der Waals surface area contributed by atoms with E-state index in [1.165, 1.54) is 104 Å². The molecule has 0 amide bonds. The zero-order chi connectivity index (χ0) is 36.1. The van der Waals surface area contributed by atoms with Crippen LogP contribution in [0.4, 0.5) is 22.7 Å². The first kappa shape index (κ1) is 31.5. The Labute approximate surface area is 315 Å². The molecule has 0 radical (unpaired) electrons. The lowest BCUT2D eigenvalue weighted by Gasteiger charge is -2.56. The van der Waals surface area contributed by atoms with Gasteiger partial charge in [0.15, 0.2) is 0 Å². The van der Waals surface area contributed by atoms with Gasteiger partial charge in [0, 0.05) is 33.6 Å². The number of para-hydroxylation sites is 2. The fourth-order valence-electron chi connectivity index (χ4n) is 11.8. The zero-order valence-corrected chi connectivity index (χ0v) is 31.9. The van der Waals surface area contributed by atoms with Gasteiger partial charge in [-0.2, -0.15) is 0 Å². The van der Waals surface area contributed by atoms with E-state index in [1.54, 1.807) is 5.56 Å². The number of fused-ring (bicyclic) bond motifs is 9. The molecule has 5 aliphatic rings. The fourth-order valence-corrected chi connectivity index (χ4v) is 11.8. The number of aryl methyl sites for hydroxylation is 1. The number of benzene rings is 6. The van der Waals surface area contributed by atoms with E-state index in [4.69, 9.17) is 0 Å². The molecule has 4 aliphatic heterocycles. The molecule has 6 aromatic carbocycles. The van der Waals surface area contributed by atoms with Gasteiger partial charge in [0.1, 0.15) is 0 Å². The highest BCUT2D eigenvalue weighted by Gasteiger charge is 2.64. The summed E-state index contributed by atoms with van der Waals surface area (Å²) in [7, 11) is 0. The van der Waals surface area contributed by atoms with Gasteiger partial charge < -0.3 is 9.71 Å². The minimum Gasteiger partial charge on any atom is -0.400 e. The van der Waals surface area contributed by atoms with Crippen LogP contribution in [0.5, 0.6) is 0 Å². The highest BCUT2D eigenvalue weighted by atomic mass is 15.2. The summed E-state index contributed by atoms with van der Waals surface area (Å²) in [5, 5.41) is 0. The third-order valence-electron chi connectivity index (χ3n) is 14.4. The van der Waals surface area contributed by atoms with Gasteiger partial charge in [-0.1, -0.05) is 150 Å². The molecule has 2 atom stereocenters. The SMILES string of the molecule is Cc1cc2c3c(c1)N1c4ccccc4C(c4ccccc4)(c4ccccc4)c4cccc(c41)B3N1c3c-2cc(C(C)(C)C)cc3C2(C)CCCCC12C. The van der Waals surface area contributed by atoms with Crippen molar-refractivity contribution in [2.75, 3.05) is 9.71 Å². The zero-order valence-electron chi connectivity index (χ0n) is 31.9. The van der Waals surface area contributed by atoms with Crippen LogP contribution in [0, 0.1) is 6.92 Å². The Morgan fingerprint density at radius 1 is 0.604 bits per heavy atom. The van der Waals surface area contributed by atoms with E-state index in [1.807, 2.05) is 0 Å². The summed E-state index contributed by atoms with van der Waals surface area (Å²) in [6.45, 7) is 14.8. The Morgan fingerprint density at radius 2 is 1.26 bits per heavy atom. The molecule has 0 aromatic heterocycles. The summed E-state index contributed by atoms with van der Waals surface area (Å²) in [5.74, 6) is 0. The van der Waals surface area contributed by atoms with E-state index in [-0.39, 0.29) is 23.2 Å². The molecule has 6 aromatic rings. The number of hydrogen-bond acceptors (Lipinski definition) is 2. The first-order chi connectivity index (χ1) is 25.6. The van der Waals surface area contributed by atoms with Crippen LogP contribution in [-0.4, -0.2) is 12.4 Å². The Morgan fingerprint density at radius 3 is 1.98 bits per heavy atom.